The van der Waals surface area contributed by atoms with Crippen LogP contribution in [0.15, 0.2) is 133 Å². The van der Waals surface area contributed by atoms with Crippen LogP contribution in [0.2, 0.25) is 0 Å². The molecule has 0 fully saturated rings. The standard InChI is InChI=1S/C40H31N3O2/c1-40(2)28-24-26(42-32-12-4-8-16-36(32)44-37-17-9-5-13-33(37)42)20-22-30(28)41(3)31-23-21-27(25-29(31)40)43-34-14-6-10-18-38(34)45-39-19-11-7-15-35(39)43/h4-25H,1-3H3. The van der Waals surface area contributed by atoms with Crippen molar-refractivity contribution in [1.29, 1.82) is 0 Å². The van der Waals surface area contributed by atoms with E-state index in [0.717, 1.165) is 57.1 Å². The fraction of sp³-hybridized carbons (Fsp3) is 0.100. The molecule has 0 atom stereocenters. The molecule has 5 heteroatoms. The zero-order valence-corrected chi connectivity index (χ0v) is 25.4. The van der Waals surface area contributed by atoms with E-state index in [1.165, 1.54) is 22.5 Å². The minimum absolute atomic E-state index is 0.278. The zero-order valence-electron chi connectivity index (χ0n) is 25.4. The normalized spacial score (nSPS) is 15.0. The van der Waals surface area contributed by atoms with Gasteiger partial charge in [-0.1, -0.05) is 62.4 Å². The molecule has 0 N–H and O–H groups in total. The molecule has 0 saturated carbocycles. The molecule has 0 aliphatic carbocycles. The topological polar surface area (TPSA) is 28.2 Å². The molecule has 6 aromatic carbocycles. The monoisotopic (exact) mass is 585 g/mol. The van der Waals surface area contributed by atoms with Crippen LogP contribution in [0.25, 0.3) is 0 Å². The van der Waals surface area contributed by atoms with Crippen molar-refractivity contribution in [3.05, 3.63) is 145 Å². The van der Waals surface area contributed by atoms with E-state index in [4.69, 9.17) is 9.47 Å². The number of benzene rings is 6. The van der Waals surface area contributed by atoms with Crippen LogP contribution in [0.1, 0.15) is 25.0 Å². The van der Waals surface area contributed by atoms with Gasteiger partial charge in [0.25, 0.3) is 0 Å². The lowest BCUT2D eigenvalue weighted by Crippen LogP contribution is -2.31. The SMILES string of the molecule is CN1c2ccc(N3c4ccccc4Oc4ccccc43)cc2C(C)(C)c2cc(N3c4ccccc4Oc4ccccc43)ccc21. The maximum absolute atomic E-state index is 6.30. The Kier molecular flexibility index (Phi) is 5.39. The van der Waals surface area contributed by atoms with Crippen molar-refractivity contribution >= 4 is 45.5 Å². The Hall–Kier alpha value is -5.68. The van der Waals surface area contributed by atoms with E-state index in [2.05, 4.69) is 121 Å². The maximum Gasteiger partial charge on any atom is 0.151 e. The summed E-state index contributed by atoms with van der Waals surface area (Å²) in [5, 5.41) is 0. The first-order valence-corrected chi connectivity index (χ1v) is 15.3. The van der Waals surface area contributed by atoms with Gasteiger partial charge in [-0.15, -0.1) is 0 Å². The molecule has 6 aromatic rings. The average Bonchev–Trinajstić information content (AvgIpc) is 3.08. The van der Waals surface area contributed by atoms with Crippen LogP contribution in [0.5, 0.6) is 23.0 Å². The molecule has 0 radical (unpaired) electrons. The highest BCUT2D eigenvalue weighted by Crippen LogP contribution is 2.56. The van der Waals surface area contributed by atoms with Gasteiger partial charge in [0.2, 0.25) is 0 Å². The summed E-state index contributed by atoms with van der Waals surface area (Å²) >= 11 is 0. The highest BCUT2D eigenvalue weighted by atomic mass is 16.5. The number of rotatable bonds is 2. The Morgan fingerprint density at radius 2 is 0.756 bits per heavy atom. The van der Waals surface area contributed by atoms with E-state index in [-0.39, 0.29) is 5.41 Å². The van der Waals surface area contributed by atoms with E-state index < -0.39 is 0 Å². The second kappa shape index (κ2) is 9.41. The van der Waals surface area contributed by atoms with Crippen LogP contribution in [-0.4, -0.2) is 7.05 Å². The molecule has 3 aliphatic rings. The molecule has 0 aromatic heterocycles. The number of hydrogen-bond acceptors (Lipinski definition) is 5. The highest BCUT2D eigenvalue weighted by Gasteiger charge is 2.38. The molecule has 5 nitrogen and oxygen atoms in total. The van der Waals surface area contributed by atoms with Crippen molar-refractivity contribution in [2.24, 2.45) is 0 Å². The Balaban J connectivity index is 1.19. The number of nitrogens with zero attached hydrogens (tertiary/aromatic N) is 3. The minimum Gasteiger partial charge on any atom is -0.453 e. The van der Waals surface area contributed by atoms with Gasteiger partial charge in [-0.05, 0) is 96.1 Å². The number of ether oxygens (including phenoxy) is 2. The summed E-state index contributed by atoms with van der Waals surface area (Å²) in [5.74, 6) is 3.41. The third-order valence-electron chi connectivity index (χ3n) is 9.41. The number of para-hydroxylation sites is 8. The zero-order chi connectivity index (χ0) is 30.3. The summed E-state index contributed by atoms with van der Waals surface area (Å²) in [6.45, 7) is 4.68. The molecule has 0 bridgehead atoms. The van der Waals surface area contributed by atoms with E-state index in [0.29, 0.717) is 0 Å². The van der Waals surface area contributed by atoms with E-state index in [1.807, 2.05) is 48.5 Å². The van der Waals surface area contributed by atoms with Gasteiger partial charge >= 0.3 is 0 Å². The predicted octanol–water partition coefficient (Wildman–Crippen LogP) is 11.2. The van der Waals surface area contributed by atoms with Gasteiger partial charge < -0.3 is 24.2 Å². The molecule has 0 unspecified atom stereocenters. The van der Waals surface area contributed by atoms with E-state index in [1.54, 1.807) is 0 Å². The lowest BCUT2D eigenvalue weighted by Gasteiger charge is -2.42. The molecule has 218 valence electrons. The third-order valence-corrected chi connectivity index (χ3v) is 9.41. The van der Waals surface area contributed by atoms with Crippen LogP contribution in [0.4, 0.5) is 45.5 Å². The summed E-state index contributed by atoms with van der Waals surface area (Å²) in [6, 6.07) is 46.7. The smallest absolute Gasteiger partial charge is 0.151 e. The first-order chi connectivity index (χ1) is 22.0. The Morgan fingerprint density at radius 1 is 0.422 bits per heavy atom. The van der Waals surface area contributed by atoms with Gasteiger partial charge in [0.15, 0.2) is 23.0 Å². The summed E-state index contributed by atoms with van der Waals surface area (Å²) in [6.07, 6.45) is 0. The number of hydrogen-bond donors (Lipinski definition) is 0. The molecule has 3 heterocycles. The van der Waals surface area contributed by atoms with Gasteiger partial charge in [-0.2, -0.15) is 0 Å². The lowest BCUT2D eigenvalue weighted by atomic mass is 9.73. The quantitative estimate of drug-likeness (QED) is 0.201. The highest BCUT2D eigenvalue weighted by molar-refractivity contribution is 5.91. The van der Waals surface area contributed by atoms with Crippen LogP contribution in [-0.2, 0) is 5.41 Å². The molecule has 0 saturated heterocycles. The van der Waals surface area contributed by atoms with Crippen molar-refractivity contribution in [2.75, 3.05) is 21.7 Å². The minimum atomic E-state index is -0.278. The number of anilines is 8. The van der Waals surface area contributed by atoms with Crippen molar-refractivity contribution in [3.63, 3.8) is 0 Å². The molecule has 9 rings (SSSR count). The molecular weight excluding hydrogens is 554 g/mol. The maximum atomic E-state index is 6.30. The summed E-state index contributed by atoms with van der Waals surface area (Å²) < 4.78 is 12.6. The molecule has 0 amide bonds. The Labute approximate surface area is 263 Å². The van der Waals surface area contributed by atoms with E-state index >= 15 is 0 Å². The second-order valence-corrected chi connectivity index (χ2v) is 12.3. The Bertz CT molecular complexity index is 1910. The fourth-order valence-electron chi connectivity index (χ4n) is 7.15. The summed E-state index contributed by atoms with van der Waals surface area (Å²) in [7, 11) is 2.17. The largest absolute Gasteiger partial charge is 0.453 e. The first-order valence-electron chi connectivity index (χ1n) is 15.3. The molecule has 45 heavy (non-hydrogen) atoms. The first kappa shape index (κ1) is 25.8. The number of fused-ring (bicyclic) bond motifs is 6. The van der Waals surface area contributed by atoms with Gasteiger partial charge in [-0.25, -0.2) is 0 Å². The molecular formula is C40H31N3O2. The molecule has 3 aliphatic heterocycles. The van der Waals surface area contributed by atoms with Crippen LogP contribution in [0, 0.1) is 0 Å². The van der Waals surface area contributed by atoms with Gasteiger partial charge in [0, 0.05) is 35.2 Å². The average molecular weight is 586 g/mol. The fourth-order valence-corrected chi connectivity index (χ4v) is 7.15. The van der Waals surface area contributed by atoms with Crippen LogP contribution >= 0.6 is 0 Å². The van der Waals surface area contributed by atoms with Crippen LogP contribution < -0.4 is 24.2 Å². The van der Waals surface area contributed by atoms with Gasteiger partial charge in [0.1, 0.15) is 0 Å². The predicted molar refractivity (Wildman–Crippen MR) is 183 cm³/mol. The van der Waals surface area contributed by atoms with Crippen molar-refractivity contribution in [2.45, 2.75) is 19.3 Å². The van der Waals surface area contributed by atoms with Crippen molar-refractivity contribution < 1.29 is 9.47 Å². The van der Waals surface area contributed by atoms with E-state index in [9.17, 15) is 0 Å². The van der Waals surface area contributed by atoms with Gasteiger partial charge in [-0.3, -0.25) is 0 Å². The Morgan fingerprint density at radius 3 is 1.11 bits per heavy atom. The lowest BCUT2D eigenvalue weighted by molar-refractivity contribution is 0.477. The molecule has 0 spiro atoms. The van der Waals surface area contributed by atoms with Crippen LogP contribution in [0.3, 0.4) is 0 Å². The van der Waals surface area contributed by atoms with Crippen molar-refractivity contribution in [1.82, 2.24) is 0 Å². The summed E-state index contributed by atoms with van der Waals surface area (Å²) in [4.78, 5) is 6.96. The third kappa shape index (κ3) is 3.74. The summed E-state index contributed by atoms with van der Waals surface area (Å²) in [5.41, 5.74) is 11.0. The van der Waals surface area contributed by atoms with Gasteiger partial charge in [0.05, 0.1) is 22.7 Å². The van der Waals surface area contributed by atoms with Crippen molar-refractivity contribution in [3.8, 4) is 23.0 Å². The second-order valence-electron chi connectivity index (χ2n) is 12.3.